The van der Waals surface area contributed by atoms with Gasteiger partial charge in [0.15, 0.2) is 5.41 Å². The Morgan fingerprint density at radius 1 is 0.812 bits per heavy atom. The molecule has 2 aliphatic rings. The molecule has 0 aromatic carbocycles. The second-order valence-electron chi connectivity index (χ2n) is 8.49. The van der Waals surface area contributed by atoms with E-state index >= 15 is 0 Å². The van der Waals surface area contributed by atoms with Gasteiger partial charge in [-0.05, 0) is 62.0 Å². The lowest BCUT2D eigenvalue weighted by atomic mass is 9.78. The molecule has 1 N–H and O–H groups in total. The number of aliphatic hydroxyl groups is 1. The number of hydrogen-bond acceptors (Lipinski definition) is 5. The first kappa shape index (κ1) is 28.2. The van der Waals surface area contributed by atoms with Crippen molar-refractivity contribution in [3.05, 3.63) is 34.2 Å². The summed E-state index contributed by atoms with van der Waals surface area (Å²) >= 11 is 0. The standard InChI is InChI=1S/C16H30O5.C11H14/c1-4-7-8-9-11-16(12-10-13-17,14(18)20-5-2)15(19)21-6-3;1-2-3-4-5-9-8-10-6-7-11(9)10/h17H,4-13H2,1-3H3;6-8H,2-5H2,1H3. The summed E-state index contributed by atoms with van der Waals surface area (Å²) in [6.45, 7) is 8.20. The highest BCUT2D eigenvalue weighted by molar-refractivity contribution is 6.00. The lowest BCUT2D eigenvalue weighted by molar-refractivity contribution is -0.173. The Bertz CT molecular complexity index is 753. The molecule has 0 spiro atoms. The molecule has 0 bridgehead atoms. The van der Waals surface area contributed by atoms with Crippen LogP contribution in [-0.2, 0) is 25.5 Å². The molecule has 5 nitrogen and oxygen atoms in total. The average molecular weight is 449 g/mol. The minimum Gasteiger partial charge on any atom is -0.465 e. The summed E-state index contributed by atoms with van der Waals surface area (Å²) in [5, 5.41) is 12.1. The Labute approximate surface area is 194 Å². The first-order chi connectivity index (χ1) is 15.5. The van der Waals surface area contributed by atoms with Crippen molar-refractivity contribution in [2.75, 3.05) is 19.8 Å². The second-order valence-corrected chi connectivity index (χ2v) is 8.49. The molecular formula is C27H44O5. The zero-order valence-corrected chi connectivity index (χ0v) is 20.7. The molecule has 0 heterocycles. The molecule has 0 saturated carbocycles. The molecule has 0 atom stereocenters. The summed E-state index contributed by atoms with van der Waals surface area (Å²) in [5.41, 5.74) is 0.332. The fraction of sp³-hybridized carbons (Fsp3) is 0.704. The van der Waals surface area contributed by atoms with E-state index in [0.717, 1.165) is 25.7 Å². The Kier molecular flexibility index (Phi) is 13.9. The predicted molar refractivity (Wildman–Crippen MR) is 128 cm³/mol. The molecule has 5 heteroatoms. The van der Waals surface area contributed by atoms with Gasteiger partial charge in [0.2, 0.25) is 0 Å². The number of benzene rings is 1. The average Bonchev–Trinajstić information content (AvgIpc) is 2.77. The van der Waals surface area contributed by atoms with Gasteiger partial charge in [0.25, 0.3) is 0 Å². The fourth-order valence-electron chi connectivity index (χ4n) is 4.03. The van der Waals surface area contributed by atoms with Crippen LogP contribution in [0.1, 0.15) is 97.5 Å². The minimum absolute atomic E-state index is 0.0600. The lowest BCUT2D eigenvalue weighted by Gasteiger charge is -2.29. The van der Waals surface area contributed by atoms with Gasteiger partial charge in [-0.3, -0.25) is 9.59 Å². The number of ether oxygens (including phenoxy) is 2. The minimum atomic E-state index is -1.26. The van der Waals surface area contributed by atoms with Gasteiger partial charge in [0, 0.05) is 6.61 Å². The molecule has 182 valence electrons. The van der Waals surface area contributed by atoms with Gasteiger partial charge in [0.1, 0.15) is 0 Å². The van der Waals surface area contributed by atoms with Crippen LogP contribution in [0.4, 0.5) is 0 Å². The molecular weight excluding hydrogens is 404 g/mol. The number of carbonyl (C=O) groups is 2. The summed E-state index contributed by atoms with van der Waals surface area (Å²) in [5.74, 6) is -1.04. The third-order valence-electron chi connectivity index (χ3n) is 6.02. The molecule has 32 heavy (non-hydrogen) atoms. The van der Waals surface area contributed by atoms with Crippen LogP contribution < -0.4 is 0 Å². The lowest BCUT2D eigenvalue weighted by Crippen LogP contribution is -2.42. The van der Waals surface area contributed by atoms with E-state index in [1.165, 1.54) is 30.9 Å². The van der Waals surface area contributed by atoms with Crippen molar-refractivity contribution in [2.24, 2.45) is 5.41 Å². The molecule has 0 saturated heterocycles. The third-order valence-corrected chi connectivity index (χ3v) is 6.02. The number of aryl methyl sites for hydroxylation is 1. The van der Waals surface area contributed by atoms with Crippen molar-refractivity contribution in [1.82, 2.24) is 0 Å². The van der Waals surface area contributed by atoms with E-state index < -0.39 is 17.4 Å². The first-order valence-electron chi connectivity index (χ1n) is 12.6. The van der Waals surface area contributed by atoms with Gasteiger partial charge >= 0.3 is 11.9 Å². The number of rotatable bonds is 16. The summed E-state index contributed by atoms with van der Waals surface area (Å²) < 4.78 is 10.2. The van der Waals surface area contributed by atoms with Crippen molar-refractivity contribution < 1.29 is 24.2 Å². The van der Waals surface area contributed by atoms with Crippen LogP contribution >= 0.6 is 0 Å². The molecule has 0 amide bonds. The molecule has 0 aromatic rings. The van der Waals surface area contributed by atoms with Crippen LogP contribution in [-0.4, -0.2) is 36.9 Å². The number of aliphatic hydroxyl groups excluding tert-OH is 1. The largest absolute Gasteiger partial charge is 0.465 e. The monoisotopic (exact) mass is 448 g/mol. The van der Waals surface area contributed by atoms with Crippen LogP contribution in [0, 0.1) is 15.9 Å². The van der Waals surface area contributed by atoms with E-state index in [1.54, 1.807) is 24.6 Å². The van der Waals surface area contributed by atoms with Crippen LogP contribution in [0.25, 0.3) is 0 Å². The van der Waals surface area contributed by atoms with E-state index in [9.17, 15) is 9.59 Å². The normalized spacial score (nSPS) is 11.4. The van der Waals surface area contributed by atoms with Gasteiger partial charge in [-0.25, -0.2) is 0 Å². The maximum atomic E-state index is 12.3. The summed E-state index contributed by atoms with van der Waals surface area (Å²) in [4.78, 5) is 24.7. The number of esters is 2. The predicted octanol–water partition coefficient (Wildman–Crippen LogP) is 5.86. The topological polar surface area (TPSA) is 72.8 Å². The van der Waals surface area contributed by atoms with Gasteiger partial charge in [-0.2, -0.15) is 0 Å². The first-order valence-corrected chi connectivity index (χ1v) is 12.6. The number of hydrogen-bond donors (Lipinski definition) is 1. The number of unbranched alkanes of at least 4 members (excludes halogenated alkanes) is 5. The maximum Gasteiger partial charge on any atom is 0.323 e. The van der Waals surface area contributed by atoms with E-state index in [-0.39, 0.29) is 26.2 Å². The Hall–Kier alpha value is -1.88. The van der Waals surface area contributed by atoms with E-state index in [1.807, 2.05) is 0 Å². The summed E-state index contributed by atoms with van der Waals surface area (Å²) in [6.07, 6.45) is 10.4. The van der Waals surface area contributed by atoms with E-state index in [0.29, 0.717) is 12.8 Å². The van der Waals surface area contributed by atoms with Crippen molar-refractivity contribution >= 4 is 11.9 Å². The number of carbonyl (C=O) groups excluding carboxylic acids is 2. The van der Waals surface area contributed by atoms with Gasteiger partial charge in [-0.15, -0.1) is 0 Å². The Morgan fingerprint density at radius 3 is 1.84 bits per heavy atom. The summed E-state index contributed by atoms with van der Waals surface area (Å²) in [7, 11) is 0. The van der Waals surface area contributed by atoms with Crippen LogP contribution in [0.3, 0.4) is 0 Å². The Morgan fingerprint density at radius 2 is 1.41 bits per heavy atom. The van der Waals surface area contributed by atoms with Crippen molar-refractivity contribution in [1.29, 1.82) is 0 Å². The van der Waals surface area contributed by atoms with Gasteiger partial charge in [-0.1, -0.05) is 70.6 Å². The smallest absolute Gasteiger partial charge is 0.323 e. The van der Waals surface area contributed by atoms with Gasteiger partial charge in [0.05, 0.1) is 13.2 Å². The van der Waals surface area contributed by atoms with Crippen molar-refractivity contribution in [3.63, 3.8) is 0 Å². The van der Waals surface area contributed by atoms with Crippen LogP contribution in [0.5, 0.6) is 0 Å². The Balaban J connectivity index is 0.000000382. The SMILES string of the molecule is CCCCCCC(CCCO)(C(=O)OCC)C(=O)OCC.CCCCCc1cc2ccc1=2. The molecule has 0 radical (unpaired) electrons. The van der Waals surface area contributed by atoms with Crippen LogP contribution in [0.15, 0.2) is 18.2 Å². The van der Waals surface area contributed by atoms with E-state index in [2.05, 4.69) is 32.0 Å². The van der Waals surface area contributed by atoms with Gasteiger partial charge < -0.3 is 14.6 Å². The zero-order chi connectivity index (χ0) is 23.8. The third kappa shape index (κ3) is 8.23. The van der Waals surface area contributed by atoms with Crippen molar-refractivity contribution in [3.8, 4) is 0 Å². The highest BCUT2D eigenvalue weighted by atomic mass is 16.6. The van der Waals surface area contributed by atoms with E-state index in [4.69, 9.17) is 14.6 Å². The fourth-order valence-corrected chi connectivity index (χ4v) is 4.03. The quantitative estimate of drug-likeness (QED) is 0.198. The molecule has 0 aliphatic heterocycles. The molecule has 0 unspecified atom stereocenters. The maximum absolute atomic E-state index is 12.3. The molecule has 0 fully saturated rings. The van der Waals surface area contributed by atoms with Crippen LogP contribution in [0.2, 0.25) is 0 Å². The van der Waals surface area contributed by atoms with Crippen molar-refractivity contribution in [2.45, 2.75) is 98.3 Å². The molecule has 2 rings (SSSR count). The highest BCUT2D eigenvalue weighted by Crippen LogP contribution is 2.34. The molecule has 2 aliphatic carbocycles. The highest BCUT2D eigenvalue weighted by Gasteiger charge is 2.47. The summed E-state index contributed by atoms with van der Waals surface area (Å²) in [6, 6.07) is 6.75. The molecule has 0 aromatic heterocycles. The zero-order valence-electron chi connectivity index (χ0n) is 20.7. The second kappa shape index (κ2) is 15.8.